The number of benzene rings is 2. The number of hydrogen-bond acceptors (Lipinski definition) is 2. The maximum atomic E-state index is 11.0. The molecule has 2 rings (SSSR count). The fraction of sp³-hybridized carbons (Fsp3) is 0.0714. The standard InChI is InChI=1S/C14H10Cl2O2/c15-12-5-1-3-10(7-12)9-18-13-6-2-4-11(8-13)14(16)17/h1-8H,9H2. The second kappa shape index (κ2) is 5.89. The van der Waals surface area contributed by atoms with Crippen LogP contribution in [-0.4, -0.2) is 5.24 Å². The van der Waals surface area contributed by atoms with Crippen molar-refractivity contribution in [1.82, 2.24) is 0 Å². The van der Waals surface area contributed by atoms with Crippen LogP contribution < -0.4 is 4.74 Å². The summed E-state index contributed by atoms with van der Waals surface area (Å²) in [6.45, 7) is 0.389. The van der Waals surface area contributed by atoms with Crippen molar-refractivity contribution in [2.75, 3.05) is 0 Å². The zero-order valence-electron chi connectivity index (χ0n) is 9.40. The first-order valence-electron chi connectivity index (χ1n) is 5.32. The van der Waals surface area contributed by atoms with Crippen LogP contribution >= 0.6 is 23.2 Å². The SMILES string of the molecule is O=C(Cl)c1cccc(OCc2cccc(Cl)c2)c1. The molecule has 4 heteroatoms. The van der Waals surface area contributed by atoms with Gasteiger partial charge in [-0.1, -0.05) is 29.8 Å². The van der Waals surface area contributed by atoms with E-state index in [-0.39, 0.29) is 0 Å². The van der Waals surface area contributed by atoms with E-state index in [0.717, 1.165) is 5.56 Å². The van der Waals surface area contributed by atoms with Crippen molar-refractivity contribution in [2.24, 2.45) is 0 Å². The molecule has 92 valence electrons. The Morgan fingerprint density at radius 2 is 1.89 bits per heavy atom. The number of carbonyl (C=O) groups is 1. The van der Waals surface area contributed by atoms with Gasteiger partial charge in [0.1, 0.15) is 12.4 Å². The average Bonchev–Trinajstić information content (AvgIpc) is 2.37. The summed E-state index contributed by atoms with van der Waals surface area (Å²) in [5.74, 6) is 0.599. The van der Waals surface area contributed by atoms with E-state index in [1.165, 1.54) is 0 Å². The summed E-state index contributed by atoms with van der Waals surface area (Å²) in [5.41, 5.74) is 1.38. The van der Waals surface area contributed by atoms with E-state index >= 15 is 0 Å². The highest BCUT2D eigenvalue weighted by Crippen LogP contribution is 2.17. The Labute approximate surface area is 115 Å². The minimum Gasteiger partial charge on any atom is -0.489 e. The van der Waals surface area contributed by atoms with Gasteiger partial charge in [-0.3, -0.25) is 4.79 Å². The summed E-state index contributed by atoms with van der Waals surface area (Å²) in [5, 5.41) is 0.170. The van der Waals surface area contributed by atoms with Crippen LogP contribution in [0.3, 0.4) is 0 Å². The lowest BCUT2D eigenvalue weighted by atomic mass is 10.2. The maximum absolute atomic E-state index is 11.0. The molecule has 2 aromatic carbocycles. The Kier molecular flexibility index (Phi) is 4.24. The van der Waals surface area contributed by atoms with Crippen LogP contribution in [0.15, 0.2) is 48.5 Å². The molecule has 0 unspecified atom stereocenters. The number of ether oxygens (including phenoxy) is 1. The summed E-state index contributed by atoms with van der Waals surface area (Å²) >= 11 is 11.3. The lowest BCUT2D eigenvalue weighted by molar-refractivity contribution is 0.108. The molecule has 0 radical (unpaired) electrons. The van der Waals surface area contributed by atoms with Crippen molar-refractivity contribution in [3.63, 3.8) is 0 Å². The Morgan fingerprint density at radius 1 is 1.11 bits per heavy atom. The van der Waals surface area contributed by atoms with E-state index in [2.05, 4.69) is 0 Å². The van der Waals surface area contributed by atoms with Crippen LogP contribution in [0.25, 0.3) is 0 Å². The highest BCUT2D eigenvalue weighted by molar-refractivity contribution is 6.67. The van der Waals surface area contributed by atoms with E-state index in [1.54, 1.807) is 30.3 Å². The topological polar surface area (TPSA) is 26.3 Å². The van der Waals surface area contributed by atoms with E-state index < -0.39 is 5.24 Å². The molecular weight excluding hydrogens is 271 g/mol. The first-order chi connectivity index (χ1) is 8.65. The molecule has 0 heterocycles. The number of carbonyl (C=O) groups excluding carboxylic acids is 1. The molecule has 18 heavy (non-hydrogen) atoms. The summed E-state index contributed by atoms with van der Waals surface area (Å²) in [6, 6.07) is 14.2. The van der Waals surface area contributed by atoms with Crippen LogP contribution in [0.5, 0.6) is 5.75 Å². The minimum atomic E-state index is -0.497. The van der Waals surface area contributed by atoms with Gasteiger partial charge in [0.25, 0.3) is 5.24 Å². The van der Waals surface area contributed by atoms with Crippen LogP contribution in [-0.2, 0) is 6.61 Å². The third-order valence-electron chi connectivity index (χ3n) is 2.36. The number of hydrogen-bond donors (Lipinski definition) is 0. The minimum absolute atomic E-state index is 0.389. The Morgan fingerprint density at radius 3 is 2.61 bits per heavy atom. The first kappa shape index (κ1) is 12.9. The smallest absolute Gasteiger partial charge is 0.252 e. The molecule has 0 amide bonds. The molecule has 0 fully saturated rings. The van der Waals surface area contributed by atoms with Gasteiger partial charge in [-0.05, 0) is 47.5 Å². The molecule has 0 bridgehead atoms. The Hall–Kier alpha value is -1.51. The molecule has 0 saturated heterocycles. The molecule has 0 aromatic heterocycles. The highest BCUT2D eigenvalue weighted by Gasteiger charge is 2.03. The van der Waals surface area contributed by atoms with Gasteiger partial charge in [-0.15, -0.1) is 0 Å². The lowest BCUT2D eigenvalue weighted by Gasteiger charge is -2.07. The van der Waals surface area contributed by atoms with Gasteiger partial charge in [0, 0.05) is 10.6 Å². The Bertz CT molecular complexity index is 567. The molecule has 0 aliphatic rings. The third kappa shape index (κ3) is 3.49. The van der Waals surface area contributed by atoms with Gasteiger partial charge in [-0.2, -0.15) is 0 Å². The molecule has 2 aromatic rings. The monoisotopic (exact) mass is 280 g/mol. The molecular formula is C14H10Cl2O2. The lowest BCUT2D eigenvalue weighted by Crippen LogP contribution is -1.96. The molecule has 0 aliphatic carbocycles. The quantitative estimate of drug-likeness (QED) is 0.781. The van der Waals surface area contributed by atoms with Crippen molar-refractivity contribution in [3.8, 4) is 5.75 Å². The summed E-state index contributed by atoms with van der Waals surface area (Å²) in [7, 11) is 0. The van der Waals surface area contributed by atoms with Gasteiger partial charge in [-0.25, -0.2) is 0 Å². The fourth-order valence-electron chi connectivity index (χ4n) is 1.50. The summed E-state index contributed by atoms with van der Waals surface area (Å²) < 4.78 is 5.57. The molecule has 0 saturated carbocycles. The summed E-state index contributed by atoms with van der Waals surface area (Å²) in [4.78, 5) is 11.0. The second-order valence-corrected chi connectivity index (χ2v) is 4.50. The largest absolute Gasteiger partial charge is 0.489 e. The normalized spacial score (nSPS) is 10.1. The van der Waals surface area contributed by atoms with Crippen LogP contribution in [0.1, 0.15) is 15.9 Å². The van der Waals surface area contributed by atoms with Gasteiger partial charge in [0.05, 0.1) is 0 Å². The van der Waals surface area contributed by atoms with Gasteiger partial charge in [0.15, 0.2) is 0 Å². The maximum Gasteiger partial charge on any atom is 0.252 e. The zero-order valence-corrected chi connectivity index (χ0v) is 10.9. The molecule has 0 atom stereocenters. The highest BCUT2D eigenvalue weighted by atomic mass is 35.5. The third-order valence-corrected chi connectivity index (χ3v) is 2.81. The van der Waals surface area contributed by atoms with Crippen molar-refractivity contribution in [3.05, 3.63) is 64.7 Å². The van der Waals surface area contributed by atoms with Gasteiger partial charge in [0.2, 0.25) is 0 Å². The van der Waals surface area contributed by atoms with Crippen molar-refractivity contribution < 1.29 is 9.53 Å². The molecule has 2 nitrogen and oxygen atoms in total. The molecule has 0 aliphatic heterocycles. The fourth-order valence-corrected chi connectivity index (χ4v) is 1.83. The average molecular weight is 281 g/mol. The second-order valence-electron chi connectivity index (χ2n) is 3.72. The first-order valence-corrected chi connectivity index (χ1v) is 6.08. The van der Waals surface area contributed by atoms with Crippen molar-refractivity contribution in [1.29, 1.82) is 0 Å². The van der Waals surface area contributed by atoms with Crippen molar-refractivity contribution in [2.45, 2.75) is 6.61 Å². The zero-order chi connectivity index (χ0) is 13.0. The van der Waals surface area contributed by atoms with Gasteiger partial charge < -0.3 is 4.74 Å². The van der Waals surface area contributed by atoms with Crippen LogP contribution in [0.4, 0.5) is 0 Å². The van der Waals surface area contributed by atoms with Gasteiger partial charge >= 0.3 is 0 Å². The number of rotatable bonds is 4. The van der Waals surface area contributed by atoms with Crippen LogP contribution in [0, 0.1) is 0 Å². The molecule has 0 N–H and O–H groups in total. The van der Waals surface area contributed by atoms with Crippen LogP contribution in [0.2, 0.25) is 5.02 Å². The van der Waals surface area contributed by atoms with Crippen molar-refractivity contribution >= 4 is 28.4 Å². The predicted molar refractivity (Wildman–Crippen MR) is 72.4 cm³/mol. The number of halogens is 2. The Balaban J connectivity index is 2.06. The van der Waals surface area contributed by atoms with E-state index in [4.69, 9.17) is 27.9 Å². The predicted octanol–water partition coefficient (Wildman–Crippen LogP) is 4.30. The van der Waals surface area contributed by atoms with E-state index in [1.807, 2.05) is 18.2 Å². The van der Waals surface area contributed by atoms with E-state index in [0.29, 0.717) is 22.9 Å². The molecule has 0 spiro atoms. The summed E-state index contributed by atoms with van der Waals surface area (Å²) in [6.07, 6.45) is 0. The van der Waals surface area contributed by atoms with E-state index in [9.17, 15) is 4.79 Å².